The lowest BCUT2D eigenvalue weighted by molar-refractivity contribution is 0.0690. The van der Waals surface area contributed by atoms with E-state index >= 15 is 0 Å². The van der Waals surface area contributed by atoms with Crippen molar-refractivity contribution in [1.82, 2.24) is 24.6 Å². The van der Waals surface area contributed by atoms with Crippen LogP contribution in [0.5, 0.6) is 0 Å². The molecule has 0 aliphatic carbocycles. The fraction of sp³-hybridized carbons (Fsp3) is 0.172. The SMILES string of the molecule is Nc1ncc(-c2cnn(C3CCN(C(=O)c4ccccc4)CC3)c2)cc1-c1ncc(-c2ccc(Cl)cc2)o1. The molecule has 190 valence electrons. The summed E-state index contributed by atoms with van der Waals surface area (Å²) >= 11 is 6.00. The van der Waals surface area contributed by atoms with Crippen molar-refractivity contribution in [3.8, 4) is 33.9 Å². The summed E-state index contributed by atoms with van der Waals surface area (Å²) in [5.74, 6) is 1.42. The lowest BCUT2D eigenvalue weighted by Crippen LogP contribution is -2.39. The number of benzene rings is 2. The Kier molecular flexibility index (Phi) is 6.39. The second-order valence-corrected chi connectivity index (χ2v) is 9.73. The van der Waals surface area contributed by atoms with Crippen LogP contribution in [0.15, 0.2) is 89.9 Å². The van der Waals surface area contributed by atoms with Crippen LogP contribution >= 0.6 is 11.6 Å². The highest BCUT2D eigenvalue weighted by molar-refractivity contribution is 6.30. The zero-order valence-corrected chi connectivity index (χ0v) is 21.3. The maximum Gasteiger partial charge on any atom is 0.253 e. The van der Waals surface area contributed by atoms with E-state index in [1.54, 1.807) is 24.5 Å². The van der Waals surface area contributed by atoms with Gasteiger partial charge in [-0.15, -0.1) is 0 Å². The predicted octanol–water partition coefficient (Wildman–Crippen LogP) is 5.98. The standard InChI is InChI=1S/C29H25ClN6O2/c30-23-8-6-19(7-9-23)26-17-33-28(38-26)25-14-21(15-32-27(25)31)22-16-34-36(18-22)24-10-12-35(13-11-24)29(37)20-4-2-1-3-5-20/h1-9,14-18,24H,10-13H2,(H2,31,32). The van der Waals surface area contributed by atoms with E-state index in [0.29, 0.717) is 41.1 Å². The second kappa shape index (κ2) is 10.1. The first-order valence-electron chi connectivity index (χ1n) is 12.4. The first-order valence-corrected chi connectivity index (χ1v) is 12.8. The summed E-state index contributed by atoms with van der Waals surface area (Å²) in [5, 5.41) is 5.28. The summed E-state index contributed by atoms with van der Waals surface area (Å²) in [4.78, 5) is 23.5. The summed E-state index contributed by atoms with van der Waals surface area (Å²) in [5.41, 5.74) is 10.2. The molecule has 8 nitrogen and oxygen atoms in total. The molecular formula is C29H25ClN6O2. The van der Waals surface area contributed by atoms with E-state index in [-0.39, 0.29) is 11.9 Å². The van der Waals surface area contributed by atoms with Crippen molar-refractivity contribution in [2.45, 2.75) is 18.9 Å². The van der Waals surface area contributed by atoms with Crippen LogP contribution in [0.3, 0.4) is 0 Å². The molecule has 1 amide bonds. The molecule has 9 heteroatoms. The average Bonchev–Trinajstić information content (AvgIpc) is 3.65. The number of carbonyl (C=O) groups excluding carboxylic acids is 1. The van der Waals surface area contributed by atoms with Crippen molar-refractivity contribution < 1.29 is 9.21 Å². The van der Waals surface area contributed by atoms with Gasteiger partial charge in [0.05, 0.1) is 24.0 Å². The fourth-order valence-corrected chi connectivity index (χ4v) is 4.86. The van der Waals surface area contributed by atoms with Crippen LogP contribution in [0.4, 0.5) is 5.82 Å². The molecule has 1 fully saturated rings. The van der Waals surface area contributed by atoms with Gasteiger partial charge in [0.25, 0.3) is 5.91 Å². The molecule has 38 heavy (non-hydrogen) atoms. The Morgan fingerprint density at radius 3 is 2.45 bits per heavy atom. The summed E-state index contributed by atoms with van der Waals surface area (Å²) in [7, 11) is 0. The van der Waals surface area contributed by atoms with Gasteiger partial charge in [-0.1, -0.05) is 29.8 Å². The number of nitrogens with two attached hydrogens (primary N) is 1. The topological polar surface area (TPSA) is 103 Å². The van der Waals surface area contributed by atoms with Crippen molar-refractivity contribution in [2.75, 3.05) is 18.8 Å². The Bertz CT molecular complexity index is 1570. The number of anilines is 1. The third kappa shape index (κ3) is 4.78. The Balaban J connectivity index is 1.17. The number of nitrogen functional groups attached to an aromatic ring is 1. The number of piperidine rings is 1. The monoisotopic (exact) mass is 524 g/mol. The smallest absolute Gasteiger partial charge is 0.253 e. The molecule has 0 unspecified atom stereocenters. The Hall–Kier alpha value is -4.43. The number of pyridine rings is 1. The van der Waals surface area contributed by atoms with Crippen LogP contribution in [0.25, 0.3) is 33.9 Å². The van der Waals surface area contributed by atoms with Crippen LogP contribution in [0, 0.1) is 0 Å². The van der Waals surface area contributed by atoms with Gasteiger partial charge < -0.3 is 15.1 Å². The maximum atomic E-state index is 12.8. The number of hydrogen-bond acceptors (Lipinski definition) is 6. The minimum atomic E-state index is 0.0800. The normalized spacial score (nSPS) is 14.1. The van der Waals surface area contributed by atoms with Gasteiger partial charge in [-0.2, -0.15) is 5.10 Å². The minimum absolute atomic E-state index is 0.0800. The number of oxazole rings is 1. The number of carbonyl (C=O) groups is 1. The van der Waals surface area contributed by atoms with Crippen LogP contribution in [0.2, 0.25) is 5.02 Å². The molecule has 1 aliphatic heterocycles. The van der Waals surface area contributed by atoms with Crippen molar-refractivity contribution in [3.63, 3.8) is 0 Å². The second-order valence-electron chi connectivity index (χ2n) is 9.29. The van der Waals surface area contributed by atoms with E-state index in [2.05, 4.69) is 15.1 Å². The van der Waals surface area contributed by atoms with Crippen LogP contribution in [0.1, 0.15) is 29.2 Å². The Morgan fingerprint density at radius 1 is 0.921 bits per heavy atom. The molecule has 0 atom stereocenters. The first-order chi connectivity index (χ1) is 18.5. The van der Waals surface area contributed by atoms with Gasteiger partial charge in [-0.25, -0.2) is 9.97 Å². The molecule has 3 aromatic heterocycles. The number of likely N-dealkylation sites (tertiary alicyclic amines) is 1. The number of halogens is 1. The highest BCUT2D eigenvalue weighted by Crippen LogP contribution is 2.33. The van der Waals surface area contributed by atoms with Crippen molar-refractivity contribution >= 4 is 23.3 Å². The van der Waals surface area contributed by atoms with Gasteiger partial charge in [0.1, 0.15) is 5.82 Å². The number of aromatic nitrogens is 4. The molecule has 0 spiro atoms. The molecule has 0 saturated carbocycles. The van der Waals surface area contributed by atoms with E-state index in [0.717, 1.165) is 35.1 Å². The average molecular weight is 525 g/mol. The number of amides is 1. The quantitative estimate of drug-likeness (QED) is 0.303. The zero-order valence-electron chi connectivity index (χ0n) is 20.5. The van der Waals surface area contributed by atoms with E-state index in [1.807, 2.05) is 70.5 Å². The maximum absolute atomic E-state index is 12.8. The van der Waals surface area contributed by atoms with E-state index in [4.69, 9.17) is 21.8 Å². The lowest BCUT2D eigenvalue weighted by atomic mass is 10.0. The predicted molar refractivity (Wildman–Crippen MR) is 146 cm³/mol. The van der Waals surface area contributed by atoms with Crippen molar-refractivity contribution in [3.05, 3.63) is 96.0 Å². The molecule has 1 saturated heterocycles. The summed E-state index contributed by atoms with van der Waals surface area (Å²) in [6.45, 7) is 1.39. The van der Waals surface area contributed by atoms with Crippen LogP contribution in [-0.4, -0.2) is 43.6 Å². The molecule has 2 aromatic carbocycles. The summed E-state index contributed by atoms with van der Waals surface area (Å²) in [6, 6.07) is 18.9. The highest BCUT2D eigenvalue weighted by atomic mass is 35.5. The molecular weight excluding hydrogens is 500 g/mol. The summed E-state index contributed by atoms with van der Waals surface area (Å²) < 4.78 is 7.99. The van der Waals surface area contributed by atoms with E-state index in [1.165, 1.54) is 0 Å². The Morgan fingerprint density at radius 2 is 1.68 bits per heavy atom. The molecule has 0 bridgehead atoms. The summed E-state index contributed by atoms with van der Waals surface area (Å²) in [6.07, 6.45) is 8.92. The molecule has 2 N–H and O–H groups in total. The number of nitrogens with zero attached hydrogens (tertiary/aromatic N) is 5. The van der Waals surface area contributed by atoms with Gasteiger partial charge in [0.15, 0.2) is 5.76 Å². The molecule has 0 radical (unpaired) electrons. The fourth-order valence-electron chi connectivity index (χ4n) is 4.73. The minimum Gasteiger partial charge on any atom is -0.436 e. The first kappa shape index (κ1) is 23.9. The molecule has 4 heterocycles. The van der Waals surface area contributed by atoms with Gasteiger partial charge in [-0.05, 0) is 55.3 Å². The van der Waals surface area contributed by atoms with E-state index < -0.39 is 0 Å². The Labute approximate surface area is 224 Å². The van der Waals surface area contributed by atoms with Crippen molar-refractivity contribution in [2.24, 2.45) is 0 Å². The third-order valence-electron chi connectivity index (χ3n) is 6.86. The van der Waals surface area contributed by atoms with Gasteiger partial charge >= 0.3 is 0 Å². The van der Waals surface area contributed by atoms with Gasteiger partial charge in [0, 0.05) is 52.8 Å². The third-order valence-corrected chi connectivity index (χ3v) is 7.12. The van der Waals surface area contributed by atoms with Gasteiger partial charge in [-0.3, -0.25) is 9.48 Å². The molecule has 1 aliphatic rings. The number of rotatable bonds is 5. The van der Waals surface area contributed by atoms with Gasteiger partial charge in [0.2, 0.25) is 5.89 Å². The van der Waals surface area contributed by atoms with E-state index in [9.17, 15) is 4.79 Å². The van der Waals surface area contributed by atoms with Crippen LogP contribution in [-0.2, 0) is 0 Å². The highest BCUT2D eigenvalue weighted by Gasteiger charge is 2.25. The lowest BCUT2D eigenvalue weighted by Gasteiger charge is -2.32. The molecule has 6 rings (SSSR count). The largest absolute Gasteiger partial charge is 0.436 e. The number of hydrogen-bond donors (Lipinski definition) is 1. The van der Waals surface area contributed by atoms with Crippen LogP contribution < -0.4 is 5.73 Å². The van der Waals surface area contributed by atoms with Crippen molar-refractivity contribution in [1.29, 1.82) is 0 Å². The zero-order chi connectivity index (χ0) is 26.1. The molecule has 5 aromatic rings.